The lowest BCUT2D eigenvalue weighted by Crippen LogP contribution is -2.41. The van der Waals surface area contributed by atoms with Gasteiger partial charge in [0.25, 0.3) is 0 Å². The van der Waals surface area contributed by atoms with Crippen LogP contribution >= 0.6 is 23.8 Å². The summed E-state index contributed by atoms with van der Waals surface area (Å²) in [5.41, 5.74) is 6.02. The average Bonchev–Trinajstić information content (AvgIpc) is 2.29. The molecule has 0 fully saturated rings. The smallest absolute Gasteiger partial charge is 0.224 e. The number of hydrogen-bond acceptors (Lipinski definition) is 2. The van der Waals surface area contributed by atoms with Crippen LogP contribution < -0.4 is 11.1 Å². The molecule has 0 saturated carbocycles. The van der Waals surface area contributed by atoms with Crippen molar-refractivity contribution < 1.29 is 4.79 Å². The van der Waals surface area contributed by atoms with Crippen LogP contribution in [-0.4, -0.2) is 17.4 Å². The molecule has 0 aliphatic rings. The zero-order valence-electron chi connectivity index (χ0n) is 10.5. The third-order valence-corrected chi connectivity index (χ3v) is 3.62. The van der Waals surface area contributed by atoms with E-state index in [4.69, 9.17) is 29.6 Å². The van der Waals surface area contributed by atoms with Gasteiger partial charge in [0.15, 0.2) is 0 Å². The van der Waals surface area contributed by atoms with Crippen LogP contribution in [0.5, 0.6) is 0 Å². The Morgan fingerprint density at radius 2 is 2.06 bits per heavy atom. The summed E-state index contributed by atoms with van der Waals surface area (Å²) in [6.07, 6.45) is 0.257. The van der Waals surface area contributed by atoms with Crippen LogP contribution in [0.25, 0.3) is 0 Å². The van der Waals surface area contributed by atoms with Gasteiger partial charge in [-0.3, -0.25) is 4.79 Å². The standard InChI is InChI=1S/C13H17ClN2OS/c1-13(2,12(15)18)8-16-11(17)7-9-5-3-4-6-10(9)14/h3-6H,7-8H2,1-2H3,(H2,15,18)(H,16,17). The minimum absolute atomic E-state index is 0.0903. The van der Waals surface area contributed by atoms with Gasteiger partial charge in [-0.1, -0.05) is 55.9 Å². The maximum Gasteiger partial charge on any atom is 0.224 e. The molecule has 98 valence electrons. The Labute approximate surface area is 118 Å². The zero-order valence-corrected chi connectivity index (χ0v) is 12.1. The van der Waals surface area contributed by atoms with Crippen LogP contribution in [0, 0.1) is 5.41 Å². The molecule has 0 aromatic heterocycles. The molecule has 1 aromatic rings. The monoisotopic (exact) mass is 284 g/mol. The quantitative estimate of drug-likeness (QED) is 0.816. The van der Waals surface area contributed by atoms with Gasteiger partial charge in [-0.25, -0.2) is 0 Å². The van der Waals surface area contributed by atoms with Crippen LogP contribution in [0.3, 0.4) is 0 Å². The molecule has 0 atom stereocenters. The topological polar surface area (TPSA) is 55.1 Å². The number of benzene rings is 1. The van der Waals surface area contributed by atoms with Gasteiger partial charge in [0.05, 0.1) is 11.4 Å². The van der Waals surface area contributed by atoms with Crippen molar-refractivity contribution in [3.8, 4) is 0 Å². The van der Waals surface area contributed by atoms with E-state index in [9.17, 15) is 4.79 Å². The Morgan fingerprint density at radius 3 is 2.61 bits per heavy atom. The number of nitrogens with one attached hydrogen (secondary N) is 1. The molecule has 0 saturated heterocycles. The van der Waals surface area contributed by atoms with Gasteiger partial charge in [-0.15, -0.1) is 0 Å². The largest absolute Gasteiger partial charge is 0.393 e. The lowest BCUT2D eigenvalue weighted by Gasteiger charge is -2.23. The lowest BCUT2D eigenvalue weighted by molar-refractivity contribution is -0.120. The summed E-state index contributed by atoms with van der Waals surface area (Å²) in [7, 11) is 0. The van der Waals surface area contributed by atoms with Crippen LogP contribution in [-0.2, 0) is 11.2 Å². The molecule has 3 N–H and O–H groups in total. The zero-order chi connectivity index (χ0) is 13.8. The van der Waals surface area contributed by atoms with Crippen molar-refractivity contribution >= 4 is 34.7 Å². The molecule has 0 unspecified atom stereocenters. The van der Waals surface area contributed by atoms with E-state index in [2.05, 4.69) is 5.32 Å². The number of thiocarbonyl (C=S) groups is 1. The average molecular weight is 285 g/mol. The molecule has 1 aromatic carbocycles. The van der Waals surface area contributed by atoms with E-state index in [0.29, 0.717) is 16.6 Å². The highest BCUT2D eigenvalue weighted by molar-refractivity contribution is 7.80. The fraction of sp³-hybridized carbons (Fsp3) is 0.385. The predicted octanol–water partition coefficient (Wildman–Crippen LogP) is 2.31. The van der Waals surface area contributed by atoms with Gasteiger partial charge in [0, 0.05) is 17.0 Å². The summed E-state index contributed by atoms with van der Waals surface area (Å²) in [6, 6.07) is 7.29. The van der Waals surface area contributed by atoms with Crippen molar-refractivity contribution in [2.75, 3.05) is 6.54 Å². The second-order valence-corrected chi connectivity index (χ2v) is 5.64. The summed E-state index contributed by atoms with van der Waals surface area (Å²) in [5, 5.41) is 3.41. The van der Waals surface area contributed by atoms with E-state index >= 15 is 0 Å². The van der Waals surface area contributed by atoms with E-state index in [1.165, 1.54) is 0 Å². The maximum absolute atomic E-state index is 11.8. The Morgan fingerprint density at radius 1 is 1.44 bits per heavy atom. The molecule has 0 heterocycles. The molecule has 1 amide bonds. The molecule has 0 aliphatic heterocycles. The molecule has 0 radical (unpaired) electrons. The first kappa shape index (κ1) is 14.9. The van der Waals surface area contributed by atoms with E-state index in [1.807, 2.05) is 32.0 Å². The molecule has 5 heteroatoms. The van der Waals surface area contributed by atoms with Crippen molar-refractivity contribution in [3.05, 3.63) is 34.9 Å². The van der Waals surface area contributed by atoms with Gasteiger partial charge in [-0.2, -0.15) is 0 Å². The third-order valence-electron chi connectivity index (χ3n) is 2.70. The fourth-order valence-corrected chi connectivity index (χ4v) is 1.56. The third kappa shape index (κ3) is 4.27. The van der Waals surface area contributed by atoms with Crippen molar-refractivity contribution in [3.63, 3.8) is 0 Å². The molecular weight excluding hydrogens is 268 g/mol. The summed E-state index contributed by atoms with van der Waals surface area (Å²) < 4.78 is 0. The number of rotatable bonds is 5. The first-order valence-corrected chi connectivity index (χ1v) is 6.41. The number of amides is 1. The summed E-state index contributed by atoms with van der Waals surface area (Å²) in [4.78, 5) is 12.2. The highest BCUT2D eigenvalue weighted by atomic mass is 35.5. The van der Waals surface area contributed by atoms with E-state index in [-0.39, 0.29) is 17.7 Å². The Kier molecular flexibility index (Phi) is 5.11. The maximum atomic E-state index is 11.8. The second-order valence-electron chi connectivity index (χ2n) is 4.79. The van der Waals surface area contributed by atoms with Crippen molar-refractivity contribution in [1.29, 1.82) is 0 Å². The molecule has 0 aliphatic carbocycles. The minimum atomic E-state index is -0.383. The molecule has 1 rings (SSSR count). The van der Waals surface area contributed by atoms with E-state index in [1.54, 1.807) is 6.07 Å². The van der Waals surface area contributed by atoms with Gasteiger partial charge < -0.3 is 11.1 Å². The van der Waals surface area contributed by atoms with Gasteiger partial charge in [-0.05, 0) is 11.6 Å². The van der Waals surface area contributed by atoms with Gasteiger partial charge in [0.2, 0.25) is 5.91 Å². The Bertz CT molecular complexity index is 460. The van der Waals surface area contributed by atoms with Crippen molar-refractivity contribution in [1.82, 2.24) is 5.32 Å². The highest BCUT2D eigenvalue weighted by Crippen LogP contribution is 2.16. The number of carbonyl (C=O) groups excluding carboxylic acids is 1. The van der Waals surface area contributed by atoms with Crippen LogP contribution in [0.1, 0.15) is 19.4 Å². The summed E-state index contributed by atoms with van der Waals surface area (Å²) in [6.45, 7) is 4.21. The van der Waals surface area contributed by atoms with E-state index < -0.39 is 0 Å². The van der Waals surface area contributed by atoms with Crippen LogP contribution in [0.4, 0.5) is 0 Å². The summed E-state index contributed by atoms with van der Waals surface area (Å²) in [5.74, 6) is -0.0903. The number of nitrogens with two attached hydrogens (primary N) is 1. The molecule has 3 nitrogen and oxygen atoms in total. The Hall–Kier alpha value is -1.13. The van der Waals surface area contributed by atoms with Crippen molar-refractivity contribution in [2.45, 2.75) is 20.3 Å². The molecule has 0 spiro atoms. The van der Waals surface area contributed by atoms with E-state index in [0.717, 1.165) is 5.56 Å². The molecular formula is C13H17ClN2OS. The SMILES string of the molecule is CC(C)(CNC(=O)Cc1ccccc1Cl)C(N)=S. The second kappa shape index (κ2) is 6.16. The molecule has 18 heavy (non-hydrogen) atoms. The fourth-order valence-electron chi connectivity index (χ4n) is 1.28. The normalized spacial score (nSPS) is 11.1. The van der Waals surface area contributed by atoms with Crippen LogP contribution in [0.15, 0.2) is 24.3 Å². The Balaban J connectivity index is 2.54. The lowest BCUT2D eigenvalue weighted by atomic mass is 9.93. The highest BCUT2D eigenvalue weighted by Gasteiger charge is 2.22. The first-order chi connectivity index (χ1) is 8.33. The summed E-state index contributed by atoms with van der Waals surface area (Å²) >= 11 is 10.9. The predicted molar refractivity (Wildman–Crippen MR) is 78.7 cm³/mol. The molecule has 0 bridgehead atoms. The number of halogens is 1. The minimum Gasteiger partial charge on any atom is -0.393 e. The van der Waals surface area contributed by atoms with Gasteiger partial charge in [0.1, 0.15) is 0 Å². The number of carbonyl (C=O) groups is 1. The first-order valence-electron chi connectivity index (χ1n) is 5.63. The van der Waals surface area contributed by atoms with Crippen LogP contribution in [0.2, 0.25) is 5.02 Å². The van der Waals surface area contributed by atoms with Gasteiger partial charge >= 0.3 is 0 Å². The number of hydrogen-bond donors (Lipinski definition) is 2. The van der Waals surface area contributed by atoms with Crippen molar-refractivity contribution in [2.24, 2.45) is 11.1 Å².